The second kappa shape index (κ2) is 4.94. The standard InChI is InChI=1S/C17H24O8/c1-14(2,3)15(4,22)6-8-17(7-9(18)23-8)12(21)25-13-16(17,5)10(19)11(20)24-13/h8,10,13,19,22H,6-7H2,1-5H3/t8-,10+,13-,15+,16-,17?/m0/s1. The Morgan fingerprint density at radius 2 is 1.72 bits per heavy atom. The molecular formula is C17H24O8. The van der Waals surface area contributed by atoms with Gasteiger partial charge in [0.15, 0.2) is 6.10 Å². The monoisotopic (exact) mass is 356 g/mol. The molecule has 0 radical (unpaired) electrons. The van der Waals surface area contributed by atoms with Crippen LogP contribution in [0.1, 0.15) is 47.5 Å². The minimum absolute atomic E-state index is 0.0411. The van der Waals surface area contributed by atoms with E-state index < -0.39 is 58.3 Å². The Kier molecular flexibility index (Phi) is 3.59. The molecule has 0 aromatic carbocycles. The van der Waals surface area contributed by atoms with Crippen molar-refractivity contribution < 1.29 is 38.8 Å². The molecule has 3 saturated heterocycles. The largest absolute Gasteiger partial charge is 0.461 e. The molecule has 6 atom stereocenters. The highest BCUT2D eigenvalue weighted by Gasteiger charge is 2.80. The molecule has 3 heterocycles. The lowest BCUT2D eigenvalue weighted by molar-refractivity contribution is -0.174. The third-order valence-corrected chi connectivity index (χ3v) is 6.49. The van der Waals surface area contributed by atoms with Crippen molar-refractivity contribution in [1.82, 2.24) is 0 Å². The van der Waals surface area contributed by atoms with E-state index in [1.54, 1.807) is 6.92 Å². The molecule has 3 rings (SSSR count). The third-order valence-electron chi connectivity index (χ3n) is 6.49. The topological polar surface area (TPSA) is 119 Å². The SMILES string of the molecule is CC(C)(C)[C@](C)(O)C[C@@H]1OC(=O)CC12C(=O)O[C@@H]1OC(=O)[C@@H](O)[C@@]12C. The molecule has 0 bridgehead atoms. The first-order valence-electron chi connectivity index (χ1n) is 8.29. The second-order valence-electron chi connectivity index (χ2n) is 8.71. The van der Waals surface area contributed by atoms with Crippen molar-refractivity contribution in [2.45, 2.75) is 71.6 Å². The zero-order valence-corrected chi connectivity index (χ0v) is 15.0. The number of ether oxygens (including phenoxy) is 3. The Morgan fingerprint density at radius 3 is 2.28 bits per heavy atom. The van der Waals surface area contributed by atoms with E-state index in [1.165, 1.54) is 6.92 Å². The molecule has 25 heavy (non-hydrogen) atoms. The van der Waals surface area contributed by atoms with Crippen molar-refractivity contribution in [2.75, 3.05) is 0 Å². The number of cyclic esters (lactones) is 1. The summed E-state index contributed by atoms with van der Waals surface area (Å²) >= 11 is 0. The molecule has 3 aliphatic rings. The van der Waals surface area contributed by atoms with Crippen LogP contribution in [-0.4, -0.2) is 52.2 Å². The van der Waals surface area contributed by atoms with Gasteiger partial charge in [-0.2, -0.15) is 0 Å². The Hall–Kier alpha value is -1.67. The van der Waals surface area contributed by atoms with Crippen molar-refractivity contribution >= 4 is 17.9 Å². The average Bonchev–Trinajstić information content (AvgIpc) is 2.96. The van der Waals surface area contributed by atoms with Gasteiger partial charge in [0.05, 0.1) is 17.4 Å². The number of carbonyl (C=O) groups excluding carboxylic acids is 3. The molecule has 0 aliphatic carbocycles. The van der Waals surface area contributed by atoms with Gasteiger partial charge in [-0.1, -0.05) is 20.8 Å². The van der Waals surface area contributed by atoms with Crippen LogP contribution in [-0.2, 0) is 28.6 Å². The maximum absolute atomic E-state index is 12.7. The Morgan fingerprint density at radius 1 is 1.12 bits per heavy atom. The maximum atomic E-state index is 12.7. The van der Waals surface area contributed by atoms with Gasteiger partial charge in [0.1, 0.15) is 11.5 Å². The third kappa shape index (κ3) is 2.10. The number of hydrogen-bond donors (Lipinski definition) is 2. The molecule has 3 fully saturated rings. The molecule has 140 valence electrons. The van der Waals surface area contributed by atoms with Crippen LogP contribution in [0.3, 0.4) is 0 Å². The molecule has 8 nitrogen and oxygen atoms in total. The predicted molar refractivity (Wildman–Crippen MR) is 81.7 cm³/mol. The molecule has 1 unspecified atom stereocenters. The van der Waals surface area contributed by atoms with Gasteiger partial charge < -0.3 is 24.4 Å². The van der Waals surface area contributed by atoms with Crippen LogP contribution < -0.4 is 0 Å². The van der Waals surface area contributed by atoms with Crippen LogP contribution >= 0.6 is 0 Å². The summed E-state index contributed by atoms with van der Waals surface area (Å²) in [5, 5.41) is 21.3. The Balaban J connectivity index is 2.07. The molecule has 3 aliphatic heterocycles. The van der Waals surface area contributed by atoms with E-state index in [1.807, 2.05) is 20.8 Å². The van der Waals surface area contributed by atoms with Gasteiger partial charge in [0, 0.05) is 6.42 Å². The quantitative estimate of drug-likeness (QED) is 0.677. The summed E-state index contributed by atoms with van der Waals surface area (Å²) in [6.45, 7) is 8.56. The van der Waals surface area contributed by atoms with Crippen LogP contribution in [0.25, 0.3) is 0 Å². The molecule has 8 heteroatoms. The van der Waals surface area contributed by atoms with Gasteiger partial charge in [-0.25, -0.2) is 4.79 Å². The van der Waals surface area contributed by atoms with Gasteiger partial charge in [0.2, 0.25) is 0 Å². The van der Waals surface area contributed by atoms with Crippen LogP contribution in [0.2, 0.25) is 0 Å². The van der Waals surface area contributed by atoms with E-state index in [2.05, 4.69) is 0 Å². The van der Waals surface area contributed by atoms with E-state index in [0.717, 1.165) is 0 Å². The van der Waals surface area contributed by atoms with Crippen LogP contribution in [0.15, 0.2) is 0 Å². The Bertz CT molecular complexity index is 648. The fraction of sp³-hybridized carbons (Fsp3) is 0.824. The number of rotatable bonds is 2. The minimum atomic E-state index is -1.62. The lowest BCUT2D eigenvalue weighted by Gasteiger charge is -2.43. The molecule has 1 spiro atoms. The molecule has 0 aromatic heterocycles. The first-order chi connectivity index (χ1) is 11.3. The average molecular weight is 356 g/mol. The van der Waals surface area contributed by atoms with Gasteiger partial charge in [-0.15, -0.1) is 0 Å². The van der Waals surface area contributed by atoms with E-state index in [0.29, 0.717) is 0 Å². The first kappa shape index (κ1) is 18.1. The number of aliphatic hydroxyl groups is 2. The number of hydrogen-bond acceptors (Lipinski definition) is 8. The lowest BCUT2D eigenvalue weighted by atomic mass is 9.57. The van der Waals surface area contributed by atoms with Gasteiger partial charge in [-0.05, 0) is 19.3 Å². The molecule has 0 amide bonds. The van der Waals surface area contributed by atoms with Gasteiger partial charge >= 0.3 is 17.9 Å². The fourth-order valence-corrected chi connectivity index (χ4v) is 3.96. The summed E-state index contributed by atoms with van der Waals surface area (Å²) in [5.74, 6) is -2.30. The van der Waals surface area contributed by atoms with E-state index >= 15 is 0 Å². The number of esters is 3. The molecular weight excluding hydrogens is 332 g/mol. The van der Waals surface area contributed by atoms with Crippen molar-refractivity contribution in [3.05, 3.63) is 0 Å². The summed E-state index contributed by atoms with van der Waals surface area (Å²) in [4.78, 5) is 36.7. The summed E-state index contributed by atoms with van der Waals surface area (Å²) in [6.07, 6.45) is -4.32. The highest BCUT2D eigenvalue weighted by Crippen LogP contribution is 2.63. The van der Waals surface area contributed by atoms with E-state index in [4.69, 9.17) is 14.2 Å². The molecule has 0 saturated carbocycles. The van der Waals surface area contributed by atoms with Crippen LogP contribution in [0, 0.1) is 16.2 Å². The number of carbonyl (C=O) groups is 3. The lowest BCUT2D eigenvalue weighted by Crippen LogP contribution is -2.56. The first-order valence-corrected chi connectivity index (χ1v) is 8.29. The highest BCUT2D eigenvalue weighted by atomic mass is 16.7. The summed E-state index contributed by atoms with van der Waals surface area (Å²) < 4.78 is 15.5. The van der Waals surface area contributed by atoms with Crippen molar-refractivity contribution in [3.8, 4) is 0 Å². The van der Waals surface area contributed by atoms with Crippen molar-refractivity contribution in [1.29, 1.82) is 0 Å². The highest BCUT2D eigenvalue weighted by molar-refractivity contribution is 5.93. The zero-order chi connectivity index (χ0) is 19.0. The van der Waals surface area contributed by atoms with Crippen molar-refractivity contribution in [3.63, 3.8) is 0 Å². The summed E-state index contributed by atoms with van der Waals surface area (Å²) in [5.41, 5.74) is -4.90. The second-order valence-corrected chi connectivity index (χ2v) is 8.71. The minimum Gasteiger partial charge on any atom is -0.461 e. The van der Waals surface area contributed by atoms with E-state index in [9.17, 15) is 24.6 Å². The summed E-state index contributed by atoms with van der Waals surface area (Å²) in [6, 6.07) is 0. The van der Waals surface area contributed by atoms with E-state index in [-0.39, 0.29) is 12.8 Å². The number of fused-ring (bicyclic) bond motifs is 2. The van der Waals surface area contributed by atoms with Crippen molar-refractivity contribution in [2.24, 2.45) is 16.2 Å². The summed E-state index contributed by atoms with van der Waals surface area (Å²) in [7, 11) is 0. The number of aliphatic hydroxyl groups excluding tert-OH is 1. The zero-order valence-electron chi connectivity index (χ0n) is 15.0. The van der Waals surface area contributed by atoms with Crippen LogP contribution in [0.5, 0.6) is 0 Å². The Labute approximate surface area is 145 Å². The molecule has 2 N–H and O–H groups in total. The smallest absolute Gasteiger partial charge is 0.338 e. The van der Waals surface area contributed by atoms with Gasteiger partial charge in [-0.3, -0.25) is 9.59 Å². The fourth-order valence-electron chi connectivity index (χ4n) is 3.96. The van der Waals surface area contributed by atoms with Gasteiger partial charge in [0.25, 0.3) is 6.29 Å². The molecule has 0 aromatic rings. The maximum Gasteiger partial charge on any atom is 0.338 e. The normalized spacial score (nSPS) is 42.8. The predicted octanol–water partition coefficient (Wildman–Crippen LogP) is 0.282. The van der Waals surface area contributed by atoms with Crippen LogP contribution in [0.4, 0.5) is 0 Å².